The molecule has 2 aromatic rings. The zero-order chi connectivity index (χ0) is 21.3. The molecule has 1 aromatic carbocycles. The normalized spacial score (nSPS) is 19.7. The standard InChI is InChI=1S/C21H24ClN5O3/c1-2-27-21(30)17(8-9-23-27)26-12-10-25(11-13-26)16-5-3-4-14(19(16)22)15-6-7-18(28)24-20(15)29/h3-5,8-9,15H,2,6-7,10-13H2,1H3,(H,24,28,29). The monoisotopic (exact) mass is 429 g/mol. The first-order valence-corrected chi connectivity index (χ1v) is 10.6. The first-order chi connectivity index (χ1) is 14.5. The quantitative estimate of drug-likeness (QED) is 0.745. The van der Waals surface area contributed by atoms with E-state index in [1.54, 1.807) is 12.3 Å². The topological polar surface area (TPSA) is 87.5 Å². The molecule has 1 atom stereocenters. The second-order valence-corrected chi connectivity index (χ2v) is 7.87. The number of piperazine rings is 1. The summed E-state index contributed by atoms with van der Waals surface area (Å²) in [7, 11) is 0. The van der Waals surface area contributed by atoms with Crippen molar-refractivity contribution >= 4 is 34.8 Å². The van der Waals surface area contributed by atoms with Gasteiger partial charge in [-0.3, -0.25) is 19.7 Å². The van der Waals surface area contributed by atoms with E-state index in [2.05, 4.69) is 20.2 Å². The highest BCUT2D eigenvalue weighted by Gasteiger charge is 2.31. The van der Waals surface area contributed by atoms with Gasteiger partial charge in [-0.2, -0.15) is 5.10 Å². The van der Waals surface area contributed by atoms with E-state index in [0.717, 1.165) is 11.3 Å². The van der Waals surface area contributed by atoms with Crippen LogP contribution in [0.25, 0.3) is 0 Å². The zero-order valence-electron chi connectivity index (χ0n) is 16.8. The van der Waals surface area contributed by atoms with Crippen LogP contribution in [0.4, 0.5) is 11.4 Å². The van der Waals surface area contributed by atoms with E-state index in [0.29, 0.717) is 56.3 Å². The third-order valence-electron chi connectivity index (χ3n) is 5.78. The third kappa shape index (κ3) is 3.79. The van der Waals surface area contributed by atoms with Crippen LogP contribution in [0, 0.1) is 0 Å². The van der Waals surface area contributed by atoms with E-state index >= 15 is 0 Å². The Morgan fingerprint density at radius 2 is 1.77 bits per heavy atom. The predicted molar refractivity (Wildman–Crippen MR) is 115 cm³/mol. The Balaban J connectivity index is 1.51. The molecule has 0 aliphatic carbocycles. The Bertz CT molecular complexity index is 1030. The van der Waals surface area contributed by atoms with Crippen LogP contribution in [0.15, 0.2) is 35.3 Å². The van der Waals surface area contributed by atoms with Gasteiger partial charge in [0, 0.05) is 45.3 Å². The maximum atomic E-state index is 12.5. The Morgan fingerprint density at radius 3 is 2.43 bits per heavy atom. The van der Waals surface area contributed by atoms with E-state index in [-0.39, 0.29) is 17.4 Å². The Morgan fingerprint density at radius 1 is 1.07 bits per heavy atom. The highest BCUT2D eigenvalue weighted by Crippen LogP contribution is 2.37. The number of imide groups is 1. The fourth-order valence-corrected chi connectivity index (χ4v) is 4.51. The van der Waals surface area contributed by atoms with Crippen molar-refractivity contribution in [2.24, 2.45) is 0 Å². The second kappa shape index (κ2) is 8.47. The summed E-state index contributed by atoms with van der Waals surface area (Å²) in [5.74, 6) is -0.946. The number of rotatable bonds is 4. The van der Waals surface area contributed by atoms with Crippen LogP contribution < -0.4 is 20.7 Å². The average molecular weight is 430 g/mol. The van der Waals surface area contributed by atoms with Crippen molar-refractivity contribution in [3.05, 3.63) is 51.4 Å². The van der Waals surface area contributed by atoms with Crippen molar-refractivity contribution in [2.75, 3.05) is 36.0 Å². The van der Waals surface area contributed by atoms with Crippen LogP contribution in [-0.2, 0) is 16.1 Å². The SMILES string of the molecule is CCn1nccc(N2CCN(c3cccc(C4CCC(=O)NC4=O)c3Cl)CC2)c1=O. The zero-order valence-corrected chi connectivity index (χ0v) is 17.6. The molecule has 1 N–H and O–H groups in total. The molecule has 158 valence electrons. The average Bonchev–Trinajstić information content (AvgIpc) is 2.75. The molecule has 2 fully saturated rings. The lowest BCUT2D eigenvalue weighted by atomic mass is 9.90. The molecule has 2 aliphatic rings. The molecular weight excluding hydrogens is 406 g/mol. The molecule has 0 saturated carbocycles. The van der Waals surface area contributed by atoms with E-state index in [1.165, 1.54) is 4.68 Å². The number of nitrogens with one attached hydrogen (secondary N) is 1. The molecule has 2 amide bonds. The van der Waals surface area contributed by atoms with Gasteiger partial charge < -0.3 is 9.80 Å². The van der Waals surface area contributed by atoms with Crippen LogP contribution in [0.1, 0.15) is 31.2 Å². The van der Waals surface area contributed by atoms with Gasteiger partial charge in [0.2, 0.25) is 11.8 Å². The number of anilines is 2. The molecule has 0 radical (unpaired) electrons. The van der Waals surface area contributed by atoms with E-state index in [4.69, 9.17) is 11.6 Å². The number of aromatic nitrogens is 2. The summed E-state index contributed by atoms with van der Waals surface area (Å²) in [6.07, 6.45) is 2.44. The van der Waals surface area contributed by atoms with E-state index in [1.807, 2.05) is 25.1 Å². The summed E-state index contributed by atoms with van der Waals surface area (Å²) < 4.78 is 1.46. The maximum Gasteiger partial charge on any atom is 0.290 e. The van der Waals surface area contributed by atoms with Crippen LogP contribution in [-0.4, -0.2) is 47.8 Å². The van der Waals surface area contributed by atoms with Gasteiger partial charge in [0.15, 0.2) is 0 Å². The van der Waals surface area contributed by atoms with Gasteiger partial charge in [-0.25, -0.2) is 4.68 Å². The molecule has 9 heteroatoms. The smallest absolute Gasteiger partial charge is 0.290 e. The summed E-state index contributed by atoms with van der Waals surface area (Å²) >= 11 is 6.71. The van der Waals surface area contributed by atoms with E-state index < -0.39 is 5.92 Å². The number of benzene rings is 1. The van der Waals surface area contributed by atoms with Crippen LogP contribution in [0.3, 0.4) is 0 Å². The fraction of sp³-hybridized carbons (Fsp3) is 0.429. The summed E-state index contributed by atoms with van der Waals surface area (Å²) in [6.45, 7) is 5.20. The summed E-state index contributed by atoms with van der Waals surface area (Å²) in [5.41, 5.74) is 2.21. The first kappa shape index (κ1) is 20.4. The lowest BCUT2D eigenvalue weighted by molar-refractivity contribution is -0.134. The van der Waals surface area contributed by atoms with Crippen molar-refractivity contribution in [3.63, 3.8) is 0 Å². The van der Waals surface area contributed by atoms with Crippen molar-refractivity contribution in [3.8, 4) is 0 Å². The fourth-order valence-electron chi connectivity index (χ4n) is 4.14. The molecule has 8 nitrogen and oxygen atoms in total. The van der Waals surface area contributed by atoms with Crippen LogP contribution in [0.5, 0.6) is 0 Å². The number of halogens is 1. The van der Waals surface area contributed by atoms with Gasteiger partial charge in [-0.05, 0) is 31.0 Å². The highest BCUT2D eigenvalue weighted by molar-refractivity contribution is 6.34. The number of amides is 2. The van der Waals surface area contributed by atoms with Crippen molar-refractivity contribution < 1.29 is 9.59 Å². The number of piperidine rings is 1. The number of aryl methyl sites for hydroxylation is 1. The van der Waals surface area contributed by atoms with Gasteiger partial charge in [-0.15, -0.1) is 0 Å². The lowest BCUT2D eigenvalue weighted by Crippen LogP contribution is -2.48. The molecule has 30 heavy (non-hydrogen) atoms. The highest BCUT2D eigenvalue weighted by atomic mass is 35.5. The number of hydrogen-bond acceptors (Lipinski definition) is 6. The minimum atomic E-state index is -0.416. The molecule has 4 rings (SSSR count). The van der Waals surface area contributed by atoms with Gasteiger partial charge in [0.25, 0.3) is 5.56 Å². The molecule has 0 bridgehead atoms. The molecular formula is C21H24ClN5O3. The number of nitrogens with zero attached hydrogens (tertiary/aromatic N) is 4. The minimum absolute atomic E-state index is 0.0775. The molecule has 1 aromatic heterocycles. The number of carbonyl (C=O) groups excluding carboxylic acids is 2. The van der Waals surface area contributed by atoms with Crippen molar-refractivity contribution in [2.45, 2.75) is 32.2 Å². The second-order valence-electron chi connectivity index (χ2n) is 7.50. The van der Waals surface area contributed by atoms with Gasteiger partial charge >= 0.3 is 0 Å². The summed E-state index contributed by atoms with van der Waals surface area (Å²) in [4.78, 5) is 40.5. The first-order valence-electron chi connectivity index (χ1n) is 10.2. The maximum absolute atomic E-state index is 12.5. The number of hydrogen-bond donors (Lipinski definition) is 1. The molecule has 3 heterocycles. The van der Waals surface area contributed by atoms with Crippen LogP contribution in [0.2, 0.25) is 5.02 Å². The molecule has 2 aliphatic heterocycles. The minimum Gasteiger partial charge on any atom is -0.367 e. The molecule has 2 saturated heterocycles. The Labute approximate surface area is 179 Å². The van der Waals surface area contributed by atoms with Gasteiger partial charge in [0.05, 0.1) is 16.6 Å². The van der Waals surface area contributed by atoms with Crippen molar-refractivity contribution in [1.29, 1.82) is 0 Å². The van der Waals surface area contributed by atoms with Gasteiger partial charge in [0.1, 0.15) is 5.69 Å². The Kier molecular flexibility index (Phi) is 5.76. The lowest BCUT2D eigenvalue weighted by Gasteiger charge is -2.37. The van der Waals surface area contributed by atoms with Gasteiger partial charge in [-0.1, -0.05) is 23.7 Å². The number of carbonyl (C=O) groups is 2. The van der Waals surface area contributed by atoms with Crippen LogP contribution >= 0.6 is 11.6 Å². The third-order valence-corrected chi connectivity index (χ3v) is 6.19. The van der Waals surface area contributed by atoms with E-state index in [9.17, 15) is 14.4 Å². The largest absolute Gasteiger partial charge is 0.367 e. The summed E-state index contributed by atoms with van der Waals surface area (Å²) in [6, 6.07) is 7.46. The molecule has 1 unspecified atom stereocenters. The Hall–Kier alpha value is -2.87. The molecule has 0 spiro atoms. The van der Waals surface area contributed by atoms with Crippen molar-refractivity contribution in [1.82, 2.24) is 15.1 Å². The predicted octanol–water partition coefficient (Wildman–Crippen LogP) is 1.76. The summed E-state index contributed by atoms with van der Waals surface area (Å²) in [5, 5.41) is 7.04.